The van der Waals surface area contributed by atoms with Gasteiger partial charge in [0.05, 0.1) is 18.8 Å². The van der Waals surface area contributed by atoms with Crippen molar-refractivity contribution < 1.29 is 14.6 Å². The Morgan fingerprint density at radius 2 is 1.95 bits per heavy atom. The van der Waals surface area contributed by atoms with Gasteiger partial charge in [0.1, 0.15) is 0 Å². The molecule has 2 aliphatic rings. The van der Waals surface area contributed by atoms with Crippen molar-refractivity contribution in [1.29, 1.82) is 0 Å². The summed E-state index contributed by atoms with van der Waals surface area (Å²) in [4.78, 5) is 16.4. The smallest absolute Gasteiger partial charge is 0.236 e. The second-order valence-corrected chi connectivity index (χ2v) is 5.96. The third-order valence-corrected chi connectivity index (χ3v) is 4.04. The van der Waals surface area contributed by atoms with Crippen molar-refractivity contribution in [3.63, 3.8) is 0 Å². The van der Waals surface area contributed by atoms with Crippen LogP contribution in [0.5, 0.6) is 0 Å². The fourth-order valence-electron chi connectivity index (χ4n) is 3.15. The van der Waals surface area contributed by atoms with Crippen LogP contribution in [0.3, 0.4) is 0 Å². The molecule has 5 heteroatoms. The average Bonchev–Trinajstić information content (AvgIpc) is 2.76. The molecule has 0 aromatic carbocycles. The summed E-state index contributed by atoms with van der Waals surface area (Å²) in [5.41, 5.74) is 0. The molecule has 1 N–H and O–H groups in total. The Morgan fingerprint density at radius 3 is 2.58 bits per heavy atom. The lowest BCUT2D eigenvalue weighted by molar-refractivity contribution is -0.144. The number of carbonyl (C=O) groups excluding carboxylic acids is 1. The number of likely N-dealkylation sites (tertiary alicyclic amines) is 1. The quantitative estimate of drug-likeness (QED) is 0.800. The van der Waals surface area contributed by atoms with Crippen LogP contribution in [-0.2, 0) is 9.53 Å². The molecule has 0 aliphatic carbocycles. The van der Waals surface area contributed by atoms with E-state index in [0.29, 0.717) is 25.6 Å². The van der Waals surface area contributed by atoms with Gasteiger partial charge in [0, 0.05) is 26.2 Å². The number of aliphatic hydroxyl groups excluding tert-OH is 1. The summed E-state index contributed by atoms with van der Waals surface area (Å²) in [5.74, 6) is 0.770. The standard InChI is InChI=1S/C14H26N2O3/c1-11-7-16(8-12(2)19-11)14(18)10-15-5-3-13(9-15)4-6-17/h11-13,17H,3-10H2,1-2H3. The Balaban J connectivity index is 1.78. The highest BCUT2D eigenvalue weighted by Crippen LogP contribution is 2.19. The summed E-state index contributed by atoms with van der Waals surface area (Å²) in [6.45, 7) is 8.14. The second kappa shape index (κ2) is 6.68. The first-order valence-electron chi connectivity index (χ1n) is 7.35. The topological polar surface area (TPSA) is 53.0 Å². The van der Waals surface area contributed by atoms with Crippen LogP contribution >= 0.6 is 0 Å². The highest BCUT2D eigenvalue weighted by Gasteiger charge is 2.29. The van der Waals surface area contributed by atoms with E-state index in [9.17, 15) is 4.79 Å². The summed E-state index contributed by atoms with van der Waals surface area (Å²) in [6.07, 6.45) is 2.22. The fraction of sp³-hybridized carbons (Fsp3) is 0.929. The van der Waals surface area contributed by atoms with Crippen molar-refractivity contribution in [2.45, 2.75) is 38.9 Å². The van der Waals surface area contributed by atoms with Gasteiger partial charge in [-0.3, -0.25) is 9.69 Å². The number of amides is 1. The minimum absolute atomic E-state index is 0.133. The van der Waals surface area contributed by atoms with E-state index in [1.807, 2.05) is 18.7 Å². The zero-order chi connectivity index (χ0) is 13.8. The van der Waals surface area contributed by atoms with Gasteiger partial charge < -0.3 is 14.7 Å². The van der Waals surface area contributed by atoms with Gasteiger partial charge in [-0.1, -0.05) is 0 Å². The summed E-state index contributed by atoms with van der Waals surface area (Å²) in [6, 6.07) is 0. The maximum Gasteiger partial charge on any atom is 0.236 e. The molecular weight excluding hydrogens is 244 g/mol. The van der Waals surface area contributed by atoms with Gasteiger partial charge in [-0.05, 0) is 39.2 Å². The van der Waals surface area contributed by atoms with Crippen molar-refractivity contribution in [1.82, 2.24) is 9.80 Å². The Kier molecular flexibility index (Phi) is 5.19. The average molecular weight is 270 g/mol. The summed E-state index contributed by atoms with van der Waals surface area (Å²) < 4.78 is 5.65. The van der Waals surface area contributed by atoms with Crippen LogP contribution in [-0.4, -0.2) is 72.4 Å². The van der Waals surface area contributed by atoms with E-state index in [2.05, 4.69) is 4.90 Å². The molecule has 0 saturated carbocycles. The van der Waals surface area contributed by atoms with Crippen molar-refractivity contribution in [2.24, 2.45) is 5.92 Å². The first-order valence-corrected chi connectivity index (χ1v) is 7.35. The molecule has 5 nitrogen and oxygen atoms in total. The molecule has 2 rings (SSSR count). The normalized spacial score (nSPS) is 32.8. The molecule has 2 heterocycles. The SMILES string of the molecule is CC1CN(C(=O)CN2CCC(CCO)C2)CC(C)O1. The van der Waals surface area contributed by atoms with E-state index < -0.39 is 0 Å². The van der Waals surface area contributed by atoms with Crippen LogP contribution in [0.25, 0.3) is 0 Å². The number of rotatable bonds is 4. The minimum Gasteiger partial charge on any atom is -0.396 e. The molecule has 0 aromatic rings. The summed E-state index contributed by atoms with van der Waals surface area (Å²) in [7, 11) is 0. The van der Waals surface area contributed by atoms with Crippen LogP contribution in [0.4, 0.5) is 0 Å². The molecule has 3 atom stereocenters. The Labute approximate surface area is 115 Å². The molecule has 110 valence electrons. The van der Waals surface area contributed by atoms with Gasteiger partial charge in [-0.25, -0.2) is 0 Å². The second-order valence-electron chi connectivity index (χ2n) is 5.96. The fourth-order valence-corrected chi connectivity index (χ4v) is 3.15. The number of carbonyl (C=O) groups is 1. The van der Waals surface area contributed by atoms with Crippen LogP contribution < -0.4 is 0 Å². The molecule has 1 amide bonds. The predicted octanol–water partition coefficient (Wildman–Crippen LogP) is 0.327. The molecule has 0 bridgehead atoms. The minimum atomic E-state index is 0.133. The number of nitrogens with zero attached hydrogens (tertiary/aromatic N) is 2. The van der Waals surface area contributed by atoms with Crippen molar-refractivity contribution in [2.75, 3.05) is 39.3 Å². The molecule has 0 aromatic heterocycles. The highest BCUT2D eigenvalue weighted by atomic mass is 16.5. The number of hydrogen-bond donors (Lipinski definition) is 1. The Morgan fingerprint density at radius 1 is 1.26 bits per heavy atom. The van der Waals surface area contributed by atoms with Gasteiger partial charge >= 0.3 is 0 Å². The van der Waals surface area contributed by atoms with Gasteiger partial charge in [0.15, 0.2) is 0 Å². The largest absolute Gasteiger partial charge is 0.396 e. The summed E-state index contributed by atoms with van der Waals surface area (Å²) in [5, 5.41) is 8.95. The van der Waals surface area contributed by atoms with Gasteiger partial charge in [0.25, 0.3) is 0 Å². The molecular formula is C14H26N2O3. The van der Waals surface area contributed by atoms with Gasteiger partial charge in [-0.15, -0.1) is 0 Å². The van der Waals surface area contributed by atoms with Crippen LogP contribution in [0.2, 0.25) is 0 Å². The van der Waals surface area contributed by atoms with Gasteiger partial charge in [-0.2, -0.15) is 0 Å². The van der Waals surface area contributed by atoms with Crippen molar-refractivity contribution in [3.8, 4) is 0 Å². The first-order chi connectivity index (χ1) is 9.08. The third-order valence-electron chi connectivity index (χ3n) is 4.04. The maximum atomic E-state index is 12.3. The highest BCUT2D eigenvalue weighted by molar-refractivity contribution is 5.78. The Bertz CT molecular complexity index is 301. The number of hydrogen-bond acceptors (Lipinski definition) is 4. The lowest BCUT2D eigenvalue weighted by atomic mass is 10.1. The van der Waals surface area contributed by atoms with E-state index in [4.69, 9.17) is 9.84 Å². The summed E-state index contributed by atoms with van der Waals surface area (Å²) >= 11 is 0. The van der Waals surface area contributed by atoms with Crippen LogP contribution in [0, 0.1) is 5.92 Å². The predicted molar refractivity (Wildman–Crippen MR) is 72.8 cm³/mol. The van der Waals surface area contributed by atoms with Crippen molar-refractivity contribution in [3.05, 3.63) is 0 Å². The molecule has 19 heavy (non-hydrogen) atoms. The lowest BCUT2D eigenvalue weighted by Crippen LogP contribution is -2.50. The monoisotopic (exact) mass is 270 g/mol. The maximum absolute atomic E-state index is 12.3. The van der Waals surface area contributed by atoms with E-state index in [-0.39, 0.29) is 24.7 Å². The molecule has 2 fully saturated rings. The third kappa shape index (κ3) is 4.16. The van der Waals surface area contributed by atoms with E-state index in [1.54, 1.807) is 0 Å². The zero-order valence-electron chi connectivity index (χ0n) is 12.0. The van der Waals surface area contributed by atoms with E-state index in [1.165, 1.54) is 0 Å². The lowest BCUT2D eigenvalue weighted by Gasteiger charge is -2.36. The molecule has 2 saturated heterocycles. The van der Waals surface area contributed by atoms with E-state index >= 15 is 0 Å². The molecule has 0 radical (unpaired) electrons. The van der Waals surface area contributed by atoms with Gasteiger partial charge in [0.2, 0.25) is 5.91 Å². The molecule has 0 spiro atoms. The molecule has 2 aliphatic heterocycles. The first kappa shape index (κ1) is 14.8. The van der Waals surface area contributed by atoms with E-state index in [0.717, 1.165) is 25.9 Å². The number of ether oxygens (including phenoxy) is 1. The number of morpholine rings is 1. The van der Waals surface area contributed by atoms with Crippen LogP contribution in [0.1, 0.15) is 26.7 Å². The molecule has 3 unspecified atom stereocenters. The zero-order valence-corrected chi connectivity index (χ0v) is 12.0. The van der Waals surface area contributed by atoms with Crippen LogP contribution in [0.15, 0.2) is 0 Å². The Hall–Kier alpha value is -0.650. The number of aliphatic hydroxyl groups is 1. The van der Waals surface area contributed by atoms with Crippen molar-refractivity contribution >= 4 is 5.91 Å².